The molecule has 354 valence electrons. The first-order valence-corrected chi connectivity index (χ1v) is 25.9. The van der Waals surface area contributed by atoms with Crippen molar-refractivity contribution in [3.05, 3.63) is 36.5 Å². The Bertz CT molecular complexity index is 827. The van der Waals surface area contributed by atoms with E-state index in [-0.39, 0.29) is 54.9 Å². The second kappa shape index (κ2) is 63.1. The second-order valence-electron chi connectivity index (χ2n) is 17.1. The Hall–Kier alpha value is -1.18. The number of carboxylic acids is 3. The molecule has 0 saturated carbocycles. The zero-order valence-electron chi connectivity index (χ0n) is 40.7. The van der Waals surface area contributed by atoms with Crippen molar-refractivity contribution in [1.82, 2.24) is 0 Å². The molecule has 0 aliphatic rings. The Morgan fingerprint density at radius 1 is 0.262 bits per heavy atom. The minimum atomic E-state index is -0.914. The van der Waals surface area contributed by atoms with Gasteiger partial charge in [-0.2, -0.15) is 0 Å². The van der Waals surface area contributed by atoms with Gasteiger partial charge in [-0.25, -0.2) is 0 Å². The van der Waals surface area contributed by atoms with Crippen LogP contribution in [0.3, 0.4) is 0 Å². The Morgan fingerprint density at radius 2 is 0.410 bits per heavy atom. The number of carbonyl (C=O) groups excluding carboxylic acids is 3. The summed E-state index contributed by atoms with van der Waals surface area (Å²) in [5.74, 6) is -2.74. The summed E-state index contributed by atoms with van der Waals surface area (Å²) < 4.78 is 0. The van der Waals surface area contributed by atoms with E-state index in [9.17, 15) is 29.7 Å². The fourth-order valence-corrected chi connectivity index (χ4v) is 7.02. The van der Waals surface area contributed by atoms with E-state index in [0.717, 1.165) is 57.8 Å². The molecular formula is C54H99LaO6. The Balaban J connectivity index is -0.000000396. The van der Waals surface area contributed by atoms with E-state index in [2.05, 4.69) is 57.2 Å². The number of aliphatic carboxylic acids is 3. The molecular weight excluding hydrogens is 883 g/mol. The maximum Gasteiger partial charge on any atom is 3.00 e. The monoisotopic (exact) mass is 983 g/mol. The zero-order chi connectivity index (χ0) is 44.7. The van der Waals surface area contributed by atoms with Crippen LogP contribution >= 0.6 is 0 Å². The van der Waals surface area contributed by atoms with Crippen LogP contribution in [0.1, 0.15) is 290 Å². The van der Waals surface area contributed by atoms with Gasteiger partial charge in [-0.1, -0.05) is 211 Å². The smallest absolute Gasteiger partial charge is 0.550 e. The predicted molar refractivity (Wildman–Crippen MR) is 253 cm³/mol. The average Bonchev–Trinajstić information content (AvgIpc) is 3.22. The average molecular weight is 983 g/mol. The van der Waals surface area contributed by atoms with Crippen LogP contribution in [0.25, 0.3) is 0 Å². The van der Waals surface area contributed by atoms with Gasteiger partial charge >= 0.3 is 35.6 Å². The van der Waals surface area contributed by atoms with Crippen LogP contribution in [0.15, 0.2) is 36.5 Å². The zero-order valence-corrected chi connectivity index (χ0v) is 44.3. The summed E-state index contributed by atoms with van der Waals surface area (Å²) in [5.41, 5.74) is 0. The molecule has 0 bridgehead atoms. The van der Waals surface area contributed by atoms with Gasteiger partial charge in [0.05, 0.1) is 0 Å². The normalized spacial score (nSPS) is 11.1. The van der Waals surface area contributed by atoms with Gasteiger partial charge in [0.2, 0.25) is 0 Å². The van der Waals surface area contributed by atoms with E-state index in [1.807, 2.05) is 0 Å². The molecule has 0 radical (unpaired) electrons. The van der Waals surface area contributed by atoms with Crippen molar-refractivity contribution in [3.8, 4) is 0 Å². The number of hydrogen-bond acceptors (Lipinski definition) is 6. The maximum atomic E-state index is 10.2. The summed E-state index contributed by atoms with van der Waals surface area (Å²) in [6.07, 6.45) is 62.7. The summed E-state index contributed by atoms with van der Waals surface area (Å²) >= 11 is 0. The van der Waals surface area contributed by atoms with Crippen LogP contribution in [-0.4, -0.2) is 17.9 Å². The van der Waals surface area contributed by atoms with E-state index in [4.69, 9.17) is 0 Å². The predicted octanol–water partition coefficient (Wildman–Crippen LogP) is 14.3. The molecule has 0 fully saturated rings. The molecule has 0 aromatic heterocycles. The quantitative estimate of drug-likeness (QED) is 0.0443. The molecule has 0 aromatic carbocycles. The minimum Gasteiger partial charge on any atom is -0.550 e. The molecule has 0 aliphatic carbocycles. The van der Waals surface area contributed by atoms with Gasteiger partial charge in [0.1, 0.15) is 0 Å². The van der Waals surface area contributed by atoms with Gasteiger partial charge in [-0.05, 0) is 116 Å². The first kappa shape index (κ1) is 66.4. The first-order chi connectivity index (χ1) is 29.3. The summed E-state index contributed by atoms with van der Waals surface area (Å²) in [7, 11) is 0. The van der Waals surface area contributed by atoms with E-state index in [1.165, 1.54) is 193 Å². The van der Waals surface area contributed by atoms with E-state index < -0.39 is 17.9 Å². The van der Waals surface area contributed by atoms with Gasteiger partial charge in [0, 0.05) is 17.9 Å². The SMILES string of the molecule is CCCCCCCC/C=C\CCCCCCCC(=O)[O-].CCCCCCCC/C=C\CCCCCCCC(=O)[O-].CCCCCCCC/C=C\CCCCCCCC(=O)[O-].[La+3]. The maximum absolute atomic E-state index is 10.2. The third kappa shape index (κ3) is 76.5. The van der Waals surface area contributed by atoms with Crippen molar-refractivity contribution in [2.75, 3.05) is 0 Å². The Morgan fingerprint density at radius 3 is 0.574 bits per heavy atom. The van der Waals surface area contributed by atoms with Gasteiger partial charge in [-0.3, -0.25) is 0 Å². The van der Waals surface area contributed by atoms with Gasteiger partial charge in [-0.15, -0.1) is 0 Å². The number of unbranched alkanes of at least 4 members (excludes halogenated alkanes) is 33. The van der Waals surface area contributed by atoms with Gasteiger partial charge < -0.3 is 29.7 Å². The molecule has 0 rings (SSSR count). The van der Waals surface area contributed by atoms with E-state index >= 15 is 0 Å². The number of carboxylic acid groups (broad SMARTS) is 3. The third-order valence-corrected chi connectivity index (χ3v) is 10.9. The number of rotatable bonds is 45. The fraction of sp³-hybridized carbons (Fsp3) is 0.833. The van der Waals surface area contributed by atoms with Crippen LogP contribution in [-0.2, 0) is 14.4 Å². The molecule has 0 atom stereocenters. The van der Waals surface area contributed by atoms with Crippen molar-refractivity contribution >= 4 is 17.9 Å². The molecule has 61 heavy (non-hydrogen) atoms. The summed E-state index contributed by atoms with van der Waals surface area (Å²) in [6, 6.07) is 0. The van der Waals surface area contributed by atoms with Crippen LogP contribution in [0.5, 0.6) is 0 Å². The molecule has 0 spiro atoms. The second-order valence-corrected chi connectivity index (χ2v) is 17.1. The van der Waals surface area contributed by atoms with Crippen molar-refractivity contribution in [2.45, 2.75) is 290 Å². The molecule has 7 heteroatoms. The van der Waals surface area contributed by atoms with Crippen LogP contribution in [0, 0.1) is 35.6 Å². The van der Waals surface area contributed by atoms with E-state index in [1.54, 1.807) is 0 Å². The molecule has 0 aliphatic heterocycles. The molecule has 6 nitrogen and oxygen atoms in total. The first-order valence-electron chi connectivity index (χ1n) is 25.9. The van der Waals surface area contributed by atoms with Gasteiger partial charge in [0.15, 0.2) is 0 Å². The largest absolute Gasteiger partial charge is 3.00 e. The van der Waals surface area contributed by atoms with Crippen molar-refractivity contribution in [1.29, 1.82) is 0 Å². The molecule has 0 N–H and O–H groups in total. The molecule has 0 saturated heterocycles. The van der Waals surface area contributed by atoms with Crippen LogP contribution < -0.4 is 15.3 Å². The third-order valence-electron chi connectivity index (χ3n) is 10.9. The summed E-state index contributed by atoms with van der Waals surface area (Å²) in [6.45, 7) is 6.77. The molecule has 0 heterocycles. The number of allylic oxidation sites excluding steroid dienone is 6. The van der Waals surface area contributed by atoms with Crippen LogP contribution in [0.4, 0.5) is 0 Å². The van der Waals surface area contributed by atoms with Gasteiger partial charge in [0.25, 0.3) is 0 Å². The Kier molecular flexibility index (Phi) is 68.7. The fourth-order valence-electron chi connectivity index (χ4n) is 7.02. The number of carbonyl (C=O) groups is 3. The molecule has 0 aromatic rings. The van der Waals surface area contributed by atoms with Crippen molar-refractivity contribution in [3.63, 3.8) is 0 Å². The summed E-state index contributed by atoms with van der Waals surface area (Å²) in [5, 5.41) is 30.6. The number of hydrogen-bond donors (Lipinski definition) is 0. The Labute approximate surface area is 407 Å². The van der Waals surface area contributed by atoms with Crippen LogP contribution in [0.2, 0.25) is 0 Å². The molecule has 0 amide bonds. The van der Waals surface area contributed by atoms with Crippen molar-refractivity contribution in [2.24, 2.45) is 0 Å². The summed E-state index contributed by atoms with van der Waals surface area (Å²) in [4.78, 5) is 30.6. The molecule has 0 unspecified atom stereocenters. The van der Waals surface area contributed by atoms with Crippen molar-refractivity contribution < 1.29 is 65.3 Å². The van der Waals surface area contributed by atoms with E-state index in [0.29, 0.717) is 0 Å². The standard InChI is InChI=1S/3C18H34O2.La/c3*1-2-3-4-5-6-7-8-9-10-11-12-13-14-15-16-17-18(19)20;/h3*9-10H,2-8,11-17H2,1H3,(H,19,20);/q;;;+3/p-3/b3*10-9-;. The minimum absolute atomic E-state index is 0. The topological polar surface area (TPSA) is 120 Å².